The molecule has 0 aliphatic heterocycles. The van der Waals surface area contributed by atoms with Crippen LogP contribution in [0.3, 0.4) is 0 Å². The number of hydrogen-bond acceptors (Lipinski definition) is 7. The first-order valence-corrected chi connectivity index (χ1v) is 18.6. The van der Waals surface area contributed by atoms with E-state index in [1.165, 1.54) is 48.4 Å². The molecule has 0 bridgehead atoms. The Morgan fingerprint density at radius 1 is 0.712 bits per heavy atom. The van der Waals surface area contributed by atoms with E-state index in [2.05, 4.69) is 10.6 Å². The number of ketones is 1. The second-order valence-electron chi connectivity index (χ2n) is 14.8. The number of Topliss-reactive ketones (excluding diaryl/α,β-unsaturated/α-hetero) is 1. The number of carbonyl (C=O) groups excluding carboxylic acids is 5. The van der Waals surface area contributed by atoms with Crippen LogP contribution >= 0.6 is 0 Å². The van der Waals surface area contributed by atoms with Crippen LogP contribution in [0, 0.1) is 6.92 Å². The number of rotatable bonds is 14. The van der Waals surface area contributed by atoms with Crippen molar-refractivity contribution in [1.82, 2.24) is 10.2 Å². The number of esters is 1. The van der Waals surface area contributed by atoms with Gasteiger partial charge >= 0.3 is 12.1 Å². The molecule has 0 aliphatic rings. The zero-order chi connectivity index (χ0) is 42.9. The topological polar surface area (TPSA) is 131 Å². The molecule has 0 aliphatic carbocycles. The predicted octanol–water partition coefficient (Wildman–Crippen LogP) is 8.47. The minimum Gasteiger partial charge on any atom is -0.497 e. The molecule has 0 fully saturated rings. The maximum absolute atomic E-state index is 13.8. The molecule has 0 spiro atoms. The molecule has 13 heteroatoms. The monoisotopic (exact) mass is 807 g/mol. The highest BCUT2D eigenvalue weighted by Gasteiger charge is 2.34. The fourth-order valence-corrected chi connectivity index (χ4v) is 6.03. The van der Waals surface area contributed by atoms with Crippen LogP contribution in [0.15, 0.2) is 115 Å². The molecule has 0 saturated heterocycles. The lowest BCUT2D eigenvalue weighted by molar-refractivity contribution is -0.155. The molecule has 0 unspecified atom stereocenters. The number of halogens is 3. The summed E-state index contributed by atoms with van der Waals surface area (Å²) in [6.07, 6.45) is -5.26. The Morgan fingerprint density at radius 3 is 1.86 bits per heavy atom. The average molecular weight is 808 g/mol. The minimum atomic E-state index is -4.70. The molecule has 0 aromatic heterocycles. The Labute approximate surface area is 340 Å². The van der Waals surface area contributed by atoms with Gasteiger partial charge in [-0.05, 0) is 98.5 Å². The Kier molecular flexibility index (Phi) is 13.7. The number of nitrogens with zero attached hydrogens (tertiary/aromatic N) is 1. The summed E-state index contributed by atoms with van der Waals surface area (Å²) in [5.41, 5.74) is 2.81. The summed E-state index contributed by atoms with van der Waals surface area (Å²) < 4.78 is 51.3. The molecule has 0 saturated carbocycles. The van der Waals surface area contributed by atoms with Crippen LogP contribution in [-0.4, -0.2) is 60.2 Å². The van der Waals surface area contributed by atoms with Crippen molar-refractivity contribution in [2.24, 2.45) is 0 Å². The van der Waals surface area contributed by atoms with Gasteiger partial charge in [-0.1, -0.05) is 72.3 Å². The zero-order valence-electron chi connectivity index (χ0n) is 33.2. The lowest BCUT2D eigenvalue weighted by atomic mass is 10.0. The highest BCUT2D eigenvalue weighted by molar-refractivity contribution is 6.02. The van der Waals surface area contributed by atoms with E-state index in [-0.39, 0.29) is 41.4 Å². The number of hydrogen-bond donors (Lipinski definition) is 2. The van der Waals surface area contributed by atoms with E-state index >= 15 is 0 Å². The van der Waals surface area contributed by atoms with Crippen LogP contribution < -0.4 is 15.4 Å². The van der Waals surface area contributed by atoms with Crippen molar-refractivity contribution in [1.29, 1.82) is 0 Å². The number of benzene rings is 5. The van der Waals surface area contributed by atoms with Crippen LogP contribution in [0.2, 0.25) is 0 Å². The van der Waals surface area contributed by atoms with Gasteiger partial charge in [0.25, 0.3) is 11.8 Å². The fourth-order valence-electron chi connectivity index (χ4n) is 6.03. The van der Waals surface area contributed by atoms with Crippen LogP contribution in [-0.2, 0) is 33.5 Å². The second-order valence-corrected chi connectivity index (χ2v) is 14.8. The lowest BCUT2D eigenvalue weighted by Crippen LogP contribution is -2.38. The van der Waals surface area contributed by atoms with Crippen molar-refractivity contribution in [2.45, 2.75) is 52.4 Å². The summed E-state index contributed by atoms with van der Waals surface area (Å²) in [4.78, 5) is 66.5. The first-order valence-electron chi connectivity index (χ1n) is 18.6. The van der Waals surface area contributed by atoms with Gasteiger partial charge in [0.2, 0.25) is 5.91 Å². The third kappa shape index (κ3) is 12.4. The third-order valence-corrected chi connectivity index (χ3v) is 9.01. The highest BCUT2D eigenvalue weighted by Crippen LogP contribution is 2.35. The third-order valence-electron chi connectivity index (χ3n) is 9.01. The largest absolute Gasteiger partial charge is 0.497 e. The van der Waals surface area contributed by atoms with Crippen LogP contribution in [0.25, 0.3) is 11.1 Å². The van der Waals surface area contributed by atoms with Crippen LogP contribution in [0.5, 0.6) is 5.75 Å². The number of ether oxygens (including phenoxy) is 2. The molecule has 3 amide bonds. The molecule has 306 valence electrons. The minimum absolute atomic E-state index is 0.00407. The quantitative estimate of drug-likeness (QED) is 0.0851. The van der Waals surface area contributed by atoms with Gasteiger partial charge in [-0.3, -0.25) is 24.0 Å². The Bertz CT molecular complexity index is 2300. The second kappa shape index (κ2) is 18.7. The molecule has 5 rings (SSSR count). The molecular formula is C46H44F3N3O7. The zero-order valence-corrected chi connectivity index (χ0v) is 33.2. The summed E-state index contributed by atoms with van der Waals surface area (Å²) in [5, 5.41) is 5.21. The molecule has 59 heavy (non-hydrogen) atoms. The van der Waals surface area contributed by atoms with Crippen LogP contribution in [0.4, 0.5) is 18.9 Å². The molecule has 0 radical (unpaired) electrons. The first-order chi connectivity index (χ1) is 27.9. The number of methoxy groups -OCH3 is 1. The SMILES string of the molecule is COc1ccc(CC(=O)Nc2ccc(C(=O)N(CC(=O)OC(C)(C)C)Cc3ccc(C(=O)CNC(=O)c4ccc(-c5ccc(C)cc5)cc4)cc3)cc2)c(C(F)(F)F)c1. The molecule has 0 atom stereocenters. The number of amides is 3. The van der Waals surface area contributed by atoms with Gasteiger partial charge in [0.1, 0.15) is 17.9 Å². The van der Waals surface area contributed by atoms with E-state index in [0.29, 0.717) is 16.7 Å². The fraction of sp³-hybridized carbons (Fsp3) is 0.239. The smallest absolute Gasteiger partial charge is 0.416 e. The number of anilines is 1. The number of alkyl halides is 3. The molecular weight excluding hydrogens is 764 g/mol. The van der Waals surface area contributed by atoms with Crippen molar-refractivity contribution in [2.75, 3.05) is 25.5 Å². The summed E-state index contributed by atoms with van der Waals surface area (Å²) in [7, 11) is 1.24. The normalized spacial score (nSPS) is 11.3. The Hall–Kier alpha value is -6.76. The molecule has 2 N–H and O–H groups in total. The molecule has 10 nitrogen and oxygen atoms in total. The predicted molar refractivity (Wildman–Crippen MR) is 217 cm³/mol. The van der Waals surface area contributed by atoms with Crippen molar-refractivity contribution < 1.29 is 46.6 Å². The Balaban J connectivity index is 1.21. The lowest BCUT2D eigenvalue weighted by Gasteiger charge is -2.25. The van der Waals surface area contributed by atoms with Crippen molar-refractivity contribution >= 4 is 35.2 Å². The summed E-state index contributed by atoms with van der Waals surface area (Å²) in [5.74, 6) is -2.63. The van der Waals surface area contributed by atoms with Crippen molar-refractivity contribution in [3.8, 4) is 16.9 Å². The maximum atomic E-state index is 13.8. The van der Waals surface area contributed by atoms with Crippen LogP contribution in [0.1, 0.15) is 74.1 Å². The van der Waals surface area contributed by atoms with Gasteiger partial charge in [-0.2, -0.15) is 13.2 Å². The average Bonchev–Trinajstić information content (AvgIpc) is 3.19. The van der Waals surface area contributed by atoms with Crippen molar-refractivity contribution in [3.63, 3.8) is 0 Å². The van der Waals surface area contributed by atoms with Gasteiger partial charge in [0.15, 0.2) is 5.78 Å². The number of carbonyl (C=O) groups is 5. The maximum Gasteiger partial charge on any atom is 0.416 e. The molecule has 0 heterocycles. The number of aryl methyl sites for hydroxylation is 1. The first kappa shape index (κ1) is 43.4. The van der Waals surface area contributed by atoms with E-state index in [1.807, 2.05) is 43.3 Å². The van der Waals surface area contributed by atoms with Crippen molar-refractivity contribution in [3.05, 3.63) is 154 Å². The number of nitrogens with one attached hydrogen (secondary N) is 2. The van der Waals surface area contributed by atoms with E-state index in [0.717, 1.165) is 22.8 Å². The summed E-state index contributed by atoms with van der Waals surface area (Å²) >= 11 is 0. The van der Waals surface area contributed by atoms with Gasteiger partial charge in [0, 0.05) is 28.9 Å². The van der Waals surface area contributed by atoms with Gasteiger partial charge in [-0.25, -0.2) is 0 Å². The molecule has 5 aromatic rings. The van der Waals surface area contributed by atoms with E-state index in [9.17, 15) is 37.1 Å². The Morgan fingerprint density at radius 2 is 1.29 bits per heavy atom. The summed E-state index contributed by atoms with van der Waals surface area (Å²) in [6.45, 7) is 6.41. The van der Waals surface area contributed by atoms with E-state index in [4.69, 9.17) is 9.47 Å². The van der Waals surface area contributed by atoms with Gasteiger partial charge in [-0.15, -0.1) is 0 Å². The van der Waals surface area contributed by atoms with E-state index < -0.39 is 54.0 Å². The standard InChI is InChI=1S/C46H44F3N3O7/c1-29-6-10-31(11-7-29)32-14-16-34(17-15-32)43(56)50-26-40(53)33-12-8-30(9-13-33)27-52(28-42(55)59-45(2,3)4)44(57)35-18-21-37(22-19-35)51-41(54)24-36-20-23-38(58-5)25-39(36)46(47,48)49/h6-23,25H,24,26-28H2,1-5H3,(H,50,56)(H,51,54). The molecule has 5 aromatic carbocycles. The highest BCUT2D eigenvalue weighted by atomic mass is 19.4. The van der Waals surface area contributed by atoms with E-state index in [1.54, 1.807) is 57.2 Å². The van der Waals surface area contributed by atoms with Gasteiger partial charge < -0.3 is 25.0 Å². The van der Waals surface area contributed by atoms with Gasteiger partial charge in [0.05, 0.1) is 25.6 Å². The summed E-state index contributed by atoms with van der Waals surface area (Å²) in [6, 6.07) is 30.6.